The lowest BCUT2D eigenvalue weighted by Crippen LogP contribution is -2.02. The summed E-state index contributed by atoms with van der Waals surface area (Å²) in [6.07, 6.45) is 0. The lowest BCUT2D eigenvalue weighted by atomic mass is 10.1. The maximum absolute atomic E-state index is 12.6. The fourth-order valence-electron chi connectivity index (χ4n) is 0.763. The van der Waals surface area contributed by atoms with Gasteiger partial charge in [0.1, 0.15) is 0 Å². The summed E-state index contributed by atoms with van der Waals surface area (Å²) in [5.41, 5.74) is 4.66. The number of anilines is 1. The minimum atomic E-state index is -1.33. The fraction of sp³-hybridized carbons (Fsp3) is 0. The summed E-state index contributed by atoms with van der Waals surface area (Å²) in [5, 5.41) is 17.2. The Labute approximate surface area is 67.1 Å². The fourth-order valence-corrected chi connectivity index (χ4v) is 0.763. The average molecular weight is 171 g/mol. The van der Waals surface area contributed by atoms with Crippen LogP contribution in [0.3, 0.4) is 0 Å². The second kappa shape index (κ2) is 2.69. The Hall–Kier alpha value is -1.78. The van der Waals surface area contributed by atoms with Crippen molar-refractivity contribution in [1.82, 2.24) is 0 Å². The number of rotatable bonds is 1. The molecule has 1 aromatic carbocycles. The van der Waals surface area contributed by atoms with Gasteiger partial charge in [0.15, 0.2) is 11.6 Å². The Bertz CT molecular complexity index is 338. The maximum atomic E-state index is 12.6. The highest BCUT2D eigenvalue weighted by Gasteiger charge is 2.11. The first-order valence-electron chi connectivity index (χ1n) is 3.03. The molecule has 0 radical (unpaired) electrons. The van der Waals surface area contributed by atoms with Crippen molar-refractivity contribution in [3.8, 4) is 5.75 Å². The van der Waals surface area contributed by atoms with Crippen LogP contribution in [0, 0.1) is 5.82 Å². The number of carboxylic acids is 1. The second-order valence-electron chi connectivity index (χ2n) is 2.20. The average Bonchev–Trinajstić information content (AvgIpc) is 1.96. The van der Waals surface area contributed by atoms with E-state index in [0.29, 0.717) is 6.07 Å². The predicted octanol–water partition coefficient (Wildman–Crippen LogP) is 0.812. The number of nitrogen functional groups attached to an aromatic ring is 1. The third kappa shape index (κ3) is 1.29. The quantitative estimate of drug-likeness (QED) is 0.546. The van der Waals surface area contributed by atoms with E-state index < -0.39 is 17.5 Å². The molecular weight excluding hydrogens is 165 g/mol. The van der Waals surface area contributed by atoms with Gasteiger partial charge >= 0.3 is 5.97 Å². The molecule has 4 nitrogen and oxygen atoms in total. The van der Waals surface area contributed by atoms with Crippen LogP contribution < -0.4 is 5.73 Å². The van der Waals surface area contributed by atoms with Gasteiger partial charge < -0.3 is 15.9 Å². The Morgan fingerprint density at radius 1 is 1.50 bits per heavy atom. The monoisotopic (exact) mass is 171 g/mol. The molecule has 1 rings (SSSR count). The van der Waals surface area contributed by atoms with Crippen molar-refractivity contribution in [3.63, 3.8) is 0 Å². The summed E-state index contributed by atoms with van der Waals surface area (Å²) in [5.74, 6) is -2.98. The zero-order chi connectivity index (χ0) is 9.30. The number of hydrogen-bond donors (Lipinski definition) is 3. The van der Waals surface area contributed by atoms with E-state index in [9.17, 15) is 9.18 Å². The van der Waals surface area contributed by atoms with Gasteiger partial charge in [0.05, 0.1) is 11.3 Å². The normalized spacial score (nSPS) is 9.75. The van der Waals surface area contributed by atoms with Gasteiger partial charge in [0.25, 0.3) is 0 Å². The highest BCUT2D eigenvalue weighted by atomic mass is 19.1. The van der Waals surface area contributed by atoms with Gasteiger partial charge in [0, 0.05) is 6.07 Å². The minimum Gasteiger partial charge on any atom is -0.505 e. The van der Waals surface area contributed by atoms with E-state index in [-0.39, 0.29) is 11.3 Å². The summed E-state index contributed by atoms with van der Waals surface area (Å²) >= 11 is 0. The van der Waals surface area contributed by atoms with Crippen molar-refractivity contribution >= 4 is 11.7 Å². The third-order valence-electron chi connectivity index (χ3n) is 1.35. The molecule has 0 fully saturated rings. The van der Waals surface area contributed by atoms with Crippen LogP contribution in [-0.4, -0.2) is 16.2 Å². The summed E-state index contributed by atoms with van der Waals surface area (Å²) in [4.78, 5) is 10.4. The largest absolute Gasteiger partial charge is 0.505 e. The number of phenolic OH excluding ortho intramolecular Hbond substituents is 1. The molecule has 0 heterocycles. The molecule has 0 atom stereocenters. The van der Waals surface area contributed by atoms with Gasteiger partial charge in [-0.05, 0) is 6.07 Å². The van der Waals surface area contributed by atoms with Crippen molar-refractivity contribution in [3.05, 3.63) is 23.5 Å². The van der Waals surface area contributed by atoms with Gasteiger partial charge in [-0.15, -0.1) is 0 Å². The first-order chi connectivity index (χ1) is 5.52. The van der Waals surface area contributed by atoms with Crippen molar-refractivity contribution in [2.24, 2.45) is 0 Å². The zero-order valence-electron chi connectivity index (χ0n) is 5.91. The number of hydrogen-bond acceptors (Lipinski definition) is 3. The van der Waals surface area contributed by atoms with Crippen molar-refractivity contribution < 1.29 is 19.4 Å². The molecule has 0 bridgehead atoms. The lowest BCUT2D eigenvalue weighted by Gasteiger charge is -2.01. The van der Waals surface area contributed by atoms with Crippen LogP contribution in [0.1, 0.15) is 10.4 Å². The summed E-state index contributed by atoms with van der Waals surface area (Å²) < 4.78 is 12.6. The van der Waals surface area contributed by atoms with Crippen LogP contribution >= 0.6 is 0 Å². The number of nitrogens with two attached hydrogens (primary N) is 1. The molecular formula is C7H6FNO3. The number of phenols is 1. The van der Waals surface area contributed by atoms with Crippen LogP contribution in [0.25, 0.3) is 0 Å². The molecule has 0 aliphatic heterocycles. The predicted molar refractivity (Wildman–Crippen MR) is 39.4 cm³/mol. The molecule has 0 unspecified atom stereocenters. The van der Waals surface area contributed by atoms with E-state index in [4.69, 9.17) is 15.9 Å². The summed E-state index contributed by atoms with van der Waals surface area (Å²) in [6, 6.07) is 1.53. The molecule has 0 aromatic heterocycles. The van der Waals surface area contributed by atoms with E-state index >= 15 is 0 Å². The summed E-state index contributed by atoms with van der Waals surface area (Å²) in [7, 11) is 0. The number of carboxylic acid groups (broad SMARTS) is 1. The SMILES string of the molecule is Nc1cc(O)c(F)cc1C(=O)O. The molecule has 5 heteroatoms. The third-order valence-corrected chi connectivity index (χ3v) is 1.35. The maximum Gasteiger partial charge on any atom is 0.337 e. The van der Waals surface area contributed by atoms with E-state index in [1.165, 1.54) is 0 Å². The van der Waals surface area contributed by atoms with Crippen LogP contribution in [0.5, 0.6) is 5.75 Å². The number of aromatic hydroxyl groups is 1. The molecule has 4 N–H and O–H groups in total. The van der Waals surface area contributed by atoms with Crippen LogP contribution in [0.15, 0.2) is 12.1 Å². The lowest BCUT2D eigenvalue weighted by molar-refractivity contribution is 0.0697. The summed E-state index contributed by atoms with van der Waals surface area (Å²) in [6.45, 7) is 0. The van der Waals surface area contributed by atoms with Crippen molar-refractivity contribution in [2.45, 2.75) is 0 Å². The van der Waals surface area contributed by atoms with E-state index in [1.54, 1.807) is 0 Å². The highest BCUT2D eigenvalue weighted by molar-refractivity contribution is 5.93. The molecule has 0 amide bonds. The van der Waals surface area contributed by atoms with Gasteiger partial charge in [-0.1, -0.05) is 0 Å². The Morgan fingerprint density at radius 3 is 2.58 bits per heavy atom. The Kier molecular flexibility index (Phi) is 1.86. The molecule has 0 saturated heterocycles. The molecule has 0 aliphatic rings. The van der Waals surface area contributed by atoms with E-state index in [1.807, 2.05) is 0 Å². The smallest absolute Gasteiger partial charge is 0.337 e. The Morgan fingerprint density at radius 2 is 2.08 bits per heavy atom. The molecule has 64 valence electrons. The number of carbonyl (C=O) groups is 1. The number of halogens is 1. The van der Waals surface area contributed by atoms with E-state index in [0.717, 1.165) is 6.07 Å². The van der Waals surface area contributed by atoms with Gasteiger partial charge in [-0.25, -0.2) is 9.18 Å². The van der Waals surface area contributed by atoms with Crippen LogP contribution in [0.2, 0.25) is 0 Å². The standard InChI is InChI=1S/C7H6FNO3/c8-4-1-3(7(11)12)5(9)2-6(4)10/h1-2,10H,9H2,(H,11,12). The van der Waals surface area contributed by atoms with Crippen LogP contribution in [0.4, 0.5) is 10.1 Å². The van der Waals surface area contributed by atoms with Crippen molar-refractivity contribution in [1.29, 1.82) is 0 Å². The van der Waals surface area contributed by atoms with Gasteiger partial charge in [-0.3, -0.25) is 0 Å². The number of benzene rings is 1. The first-order valence-corrected chi connectivity index (χ1v) is 3.03. The number of aromatic carboxylic acids is 1. The van der Waals surface area contributed by atoms with Crippen LogP contribution in [-0.2, 0) is 0 Å². The van der Waals surface area contributed by atoms with Gasteiger partial charge in [-0.2, -0.15) is 0 Å². The first kappa shape index (κ1) is 8.32. The molecule has 0 aliphatic carbocycles. The molecule has 0 spiro atoms. The zero-order valence-corrected chi connectivity index (χ0v) is 5.91. The second-order valence-corrected chi connectivity index (χ2v) is 2.20. The van der Waals surface area contributed by atoms with Crippen molar-refractivity contribution in [2.75, 3.05) is 5.73 Å². The molecule has 12 heavy (non-hydrogen) atoms. The van der Waals surface area contributed by atoms with Gasteiger partial charge in [0.2, 0.25) is 0 Å². The Balaban J connectivity index is 3.33. The minimum absolute atomic E-state index is 0.165. The topological polar surface area (TPSA) is 83.5 Å². The van der Waals surface area contributed by atoms with E-state index in [2.05, 4.69) is 0 Å². The highest BCUT2D eigenvalue weighted by Crippen LogP contribution is 2.22. The molecule has 0 saturated carbocycles. The molecule has 1 aromatic rings.